The molecule has 9 heteroatoms. The molecule has 0 aliphatic rings. The lowest BCUT2D eigenvalue weighted by Crippen LogP contribution is -2.51. The molecule has 0 radical (unpaired) electrons. The lowest BCUT2D eigenvalue weighted by atomic mass is 10.0. The lowest BCUT2D eigenvalue weighted by Gasteiger charge is -2.36. The van der Waals surface area contributed by atoms with Crippen molar-refractivity contribution in [2.75, 3.05) is 45.1 Å². The molecule has 0 saturated heterocycles. The Morgan fingerprint density at radius 2 is 1.21 bits per heavy atom. The summed E-state index contributed by atoms with van der Waals surface area (Å²) >= 11 is 0. The average Bonchev–Trinajstić information content (AvgIpc) is 2.88. The Labute approximate surface area is 232 Å². The average molecular weight is 563 g/mol. The van der Waals surface area contributed by atoms with Crippen LogP contribution in [0.2, 0.25) is 0 Å². The van der Waals surface area contributed by atoms with E-state index in [4.69, 9.17) is 9.47 Å². The fourth-order valence-electron chi connectivity index (χ4n) is 4.59. The zero-order valence-electron chi connectivity index (χ0n) is 24.5. The van der Waals surface area contributed by atoms with Gasteiger partial charge in [-0.3, -0.25) is 0 Å². The number of rotatable bonds is 26. The van der Waals surface area contributed by atoms with Gasteiger partial charge < -0.3 is 23.3 Å². The highest BCUT2D eigenvalue weighted by atomic mass is 32.2. The quantitative estimate of drug-likeness (QED) is 0.0325. The van der Waals surface area contributed by atoms with Crippen molar-refractivity contribution in [2.24, 2.45) is 0 Å². The van der Waals surface area contributed by atoms with Gasteiger partial charge in [-0.25, -0.2) is 13.2 Å². The number of ether oxygens (including phenoxy) is 2. The predicted molar refractivity (Wildman–Crippen MR) is 154 cm³/mol. The fourth-order valence-corrected chi connectivity index (χ4v) is 5.08. The Hall–Kier alpha value is -1.45. The molecule has 0 fully saturated rings. The first-order chi connectivity index (χ1) is 18.2. The van der Waals surface area contributed by atoms with Crippen molar-refractivity contribution in [3.05, 3.63) is 12.2 Å². The number of carbonyl (C=O) groups is 1. The van der Waals surface area contributed by atoms with E-state index in [9.17, 15) is 22.6 Å². The smallest absolute Gasteiger partial charge is 0.510 e. The third-order valence-corrected chi connectivity index (χ3v) is 8.08. The zero-order chi connectivity index (χ0) is 28.5. The van der Waals surface area contributed by atoms with Gasteiger partial charge >= 0.3 is 11.9 Å². The molecule has 1 N–H and O–H groups in total. The van der Waals surface area contributed by atoms with E-state index in [2.05, 4.69) is 6.92 Å². The zero-order valence-corrected chi connectivity index (χ0v) is 25.3. The largest absolute Gasteiger partial charge is 0.748 e. The van der Waals surface area contributed by atoms with E-state index in [0.29, 0.717) is 24.2 Å². The molecular weight excluding hydrogens is 506 g/mol. The van der Waals surface area contributed by atoms with Gasteiger partial charge in [0.05, 0.1) is 35.8 Å². The second-order valence-electron chi connectivity index (χ2n) is 10.3. The molecule has 0 aromatic rings. The van der Waals surface area contributed by atoms with Crippen molar-refractivity contribution in [1.29, 1.82) is 0 Å². The van der Waals surface area contributed by atoms with Gasteiger partial charge in [0.25, 0.3) is 0 Å². The third-order valence-electron chi connectivity index (χ3n) is 7.29. The Kier molecular flexibility index (Phi) is 22.5. The van der Waals surface area contributed by atoms with Gasteiger partial charge in [0.1, 0.15) is 13.2 Å². The van der Waals surface area contributed by atoms with Gasteiger partial charge in [-0.15, -0.1) is 0 Å². The summed E-state index contributed by atoms with van der Waals surface area (Å²) in [6, 6.07) is 0. The normalized spacial score (nSPS) is 12.2. The lowest BCUT2D eigenvalue weighted by molar-refractivity contribution is -0.925. The summed E-state index contributed by atoms with van der Waals surface area (Å²) in [6.45, 7) is 9.34. The number of esters is 2. The van der Waals surface area contributed by atoms with Crippen LogP contribution in [0, 0.1) is 0 Å². The van der Waals surface area contributed by atoms with Crippen LogP contribution in [0.3, 0.4) is 0 Å². The number of hydrogen-bond acceptors (Lipinski definition) is 6. The molecule has 38 heavy (non-hydrogen) atoms. The van der Waals surface area contributed by atoms with Crippen LogP contribution in [0.1, 0.15) is 117 Å². The molecule has 8 nitrogen and oxygen atoms in total. The summed E-state index contributed by atoms with van der Waals surface area (Å²) in [4.78, 5) is 21.8. The van der Waals surface area contributed by atoms with E-state index < -0.39 is 16.1 Å². The number of carbonyl (C=O) groups excluding carboxylic acids is 2. The van der Waals surface area contributed by atoms with Crippen molar-refractivity contribution >= 4 is 22.1 Å². The second-order valence-corrected chi connectivity index (χ2v) is 11.8. The molecule has 0 aliphatic heterocycles. The molecule has 0 unspecified atom stereocenters. The first-order valence-corrected chi connectivity index (χ1v) is 16.6. The molecule has 0 atom stereocenters. The van der Waals surface area contributed by atoms with E-state index in [1.54, 1.807) is 0 Å². The van der Waals surface area contributed by atoms with E-state index >= 15 is 0 Å². The van der Waals surface area contributed by atoms with Crippen LogP contribution < -0.4 is 0 Å². The Morgan fingerprint density at radius 3 is 1.68 bits per heavy atom. The summed E-state index contributed by atoms with van der Waals surface area (Å²) in [5.74, 6) is -1.27. The molecule has 0 spiro atoms. The van der Waals surface area contributed by atoms with Gasteiger partial charge in [0.15, 0.2) is 6.61 Å². The van der Waals surface area contributed by atoms with Crippen LogP contribution in [0.4, 0.5) is 0 Å². The maximum atomic E-state index is 12.0. The van der Waals surface area contributed by atoms with Crippen LogP contribution in [-0.4, -0.2) is 79.3 Å². The third kappa shape index (κ3) is 22.5. The minimum atomic E-state index is -4.23. The highest BCUT2D eigenvalue weighted by Gasteiger charge is 2.23. The van der Waals surface area contributed by atoms with Gasteiger partial charge in [-0.05, 0) is 20.3 Å². The van der Waals surface area contributed by atoms with Gasteiger partial charge in [-0.1, -0.05) is 84.0 Å². The number of hydrogen-bond donors (Lipinski definition) is 0. The maximum absolute atomic E-state index is 12.0. The standard InChI is InChI=1S/C29H55NO7S/c1-4-7-8-9-10-11-12-13-14-15-16-17-18-19-25-36-28(31)21-22-29(32)37-26-24-30(5-2,6-3)23-20-27-38(33,34)35/h21-22H,4-20,23-27H2,1-3H3/p+1/b22-21-. The van der Waals surface area contributed by atoms with Crippen molar-refractivity contribution in [3.63, 3.8) is 0 Å². The van der Waals surface area contributed by atoms with Crippen LogP contribution >= 0.6 is 0 Å². The SMILES string of the molecule is CCCCCCCCCCCCCCCCOC(=[OH+])/C=C\C(=O)OCC[N+](CC)(CC)CCCS(=O)(=O)[O-]. The summed E-state index contributed by atoms with van der Waals surface area (Å²) in [6.07, 6.45) is 20.5. The molecule has 0 aromatic heterocycles. The van der Waals surface area contributed by atoms with E-state index in [1.165, 1.54) is 83.1 Å². The minimum absolute atomic E-state index is 0.162. The molecule has 0 amide bonds. The fraction of sp³-hybridized carbons (Fsp3) is 0.862. The Balaban J connectivity index is 3.81. The van der Waals surface area contributed by atoms with Gasteiger partial charge in [0, 0.05) is 24.7 Å². The molecule has 0 aromatic carbocycles. The minimum Gasteiger partial charge on any atom is -0.748 e. The van der Waals surface area contributed by atoms with Crippen LogP contribution in [0.25, 0.3) is 0 Å². The molecule has 0 heterocycles. The topological polar surface area (TPSA) is 114 Å². The van der Waals surface area contributed by atoms with Crippen LogP contribution in [0.5, 0.6) is 0 Å². The van der Waals surface area contributed by atoms with Gasteiger partial charge in [-0.2, -0.15) is 0 Å². The number of quaternary nitrogens is 1. The van der Waals surface area contributed by atoms with Crippen molar-refractivity contribution in [3.8, 4) is 0 Å². The summed E-state index contributed by atoms with van der Waals surface area (Å²) in [5, 5.41) is 0. The molecule has 0 bridgehead atoms. The van der Waals surface area contributed by atoms with Gasteiger partial charge in [0.2, 0.25) is 0 Å². The maximum Gasteiger partial charge on any atom is 0.510 e. The monoisotopic (exact) mass is 562 g/mol. The molecular formula is C29H56NO7S+. The van der Waals surface area contributed by atoms with E-state index in [-0.39, 0.29) is 24.7 Å². The number of unbranched alkanes of at least 4 members (excludes halogenated alkanes) is 13. The number of likely N-dealkylation sites (N-methyl/N-ethyl adjacent to an activating group) is 1. The molecule has 224 valence electrons. The summed E-state index contributed by atoms with van der Waals surface area (Å²) in [5.41, 5.74) is 0. The van der Waals surface area contributed by atoms with Crippen molar-refractivity contribution in [1.82, 2.24) is 0 Å². The van der Waals surface area contributed by atoms with Crippen LogP contribution in [0.15, 0.2) is 12.2 Å². The first-order valence-electron chi connectivity index (χ1n) is 15.0. The van der Waals surface area contributed by atoms with Crippen LogP contribution in [-0.2, 0) is 24.4 Å². The summed E-state index contributed by atoms with van der Waals surface area (Å²) < 4.78 is 43.6. The van der Waals surface area contributed by atoms with Crippen molar-refractivity contribution < 1.29 is 36.5 Å². The molecule has 0 rings (SSSR count). The van der Waals surface area contributed by atoms with E-state index in [0.717, 1.165) is 32.0 Å². The first kappa shape index (κ1) is 36.5. The summed E-state index contributed by atoms with van der Waals surface area (Å²) in [7, 11) is -4.23. The Bertz CT molecular complexity index is 733. The predicted octanol–water partition coefficient (Wildman–Crippen LogP) is 5.88. The van der Waals surface area contributed by atoms with E-state index in [1.807, 2.05) is 13.8 Å². The highest BCUT2D eigenvalue weighted by molar-refractivity contribution is 7.85. The highest BCUT2D eigenvalue weighted by Crippen LogP contribution is 2.13. The van der Waals surface area contributed by atoms with Crippen molar-refractivity contribution in [2.45, 2.75) is 117 Å². The second kappa shape index (κ2) is 23.4. The molecule has 0 saturated carbocycles. The number of nitrogens with zero attached hydrogens (tertiary/aromatic N) is 1. The molecule has 0 aliphatic carbocycles. The Morgan fingerprint density at radius 1 is 0.711 bits per heavy atom.